The van der Waals surface area contributed by atoms with Gasteiger partial charge in [-0.05, 0) is 31.9 Å². The van der Waals surface area contributed by atoms with E-state index in [0.717, 1.165) is 11.4 Å². The Morgan fingerprint density at radius 2 is 2.17 bits per heavy atom. The molecule has 2 aromatic heterocycles. The van der Waals surface area contributed by atoms with E-state index in [1.54, 1.807) is 6.20 Å². The highest BCUT2D eigenvalue weighted by molar-refractivity contribution is 5.68. The van der Waals surface area contributed by atoms with Crippen LogP contribution >= 0.6 is 0 Å². The second-order valence-corrected chi connectivity index (χ2v) is 4.67. The van der Waals surface area contributed by atoms with Gasteiger partial charge in [0.05, 0.1) is 5.56 Å². The Bertz CT molecular complexity index is 531. The number of hydrogen-bond acceptors (Lipinski definition) is 5. The lowest BCUT2D eigenvalue weighted by Crippen LogP contribution is -2.16. The smallest absolute Gasteiger partial charge is 0.261 e. The minimum Gasteiger partial charge on any atom is -0.367 e. The molecule has 5 nitrogen and oxygen atoms in total. The van der Waals surface area contributed by atoms with Crippen molar-refractivity contribution in [3.8, 4) is 11.5 Å². The van der Waals surface area contributed by atoms with Crippen LogP contribution in [0.1, 0.15) is 31.5 Å². The van der Waals surface area contributed by atoms with E-state index in [9.17, 15) is 0 Å². The average Bonchev–Trinajstić information content (AvgIpc) is 3.02. The lowest BCUT2D eigenvalue weighted by molar-refractivity contribution is 0.425. The molecule has 1 aliphatic carbocycles. The summed E-state index contributed by atoms with van der Waals surface area (Å²) in [4.78, 5) is 8.65. The van der Waals surface area contributed by atoms with Crippen LogP contribution < -0.4 is 5.32 Å². The van der Waals surface area contributed by atoms with Crippen molar-refractivity contribution in [2.45, 2.75) is 38.6 Å². The van der Waals surface area contributed by atoms with Crippen LogP contribution in [-0.4, -0.2) is 21.2 Å². The zero-order chi connectivity index (χ0) is 12.4. The standard InChI is InChI=1S/C13H16N4O/c1-9-15-13(18-17-9)11-7-4-8-14-12(11)16-10-5-2-3-6-10/h4,7-8,10H,2-3,5-6H2,1H3,(H,14,16). The van der Waals surface area contributed by atoms with E-state index in [0.29, 0.717) is 17.8 Å². The summed E-state index contributed by atoms with van der Waals surface area (Å²) >= 11 is 0. The Hall–Kier alpha value is -1.91. The predicted octanol–water partition coefficient (Wildman–Crippen LogP) is 2.79. The third-order valence-corrected chi connectivity index (χ3v) is 3.26. The number of aromatic nitrogens is 3. The average molecular weight is 244 g/mol. The van der Waals surface area contributed by atoms with Gasteiger partial charge in [0.1, 0.15) is 5.82 Å². The highest BCUT2D eigenvalue weighted by Crippen LogP contribution is 2.28. The van der Waals surface area contributed by atoms with Gasteiger partial charge in [0, 0.05) is 12.2 Å². The third-order valence-electron chi connectivity index (χ3n) is 3.26. The topological polar surface area (TPSA) is 63.8 Å². The van der Waals surface area contributed by atoms with Gasteiger partial charge in [0.25, 0.3) is 5.89 Å². The maximum Gasteiger partial charge on any atom is 0.261 e. The molecule has 0 unspecified atom stereocenters. The molecule has 0 radical (unpaired) electrons. The Morgan fingerprint density at radius 3 is 2.89 bits per heavy atom. The van der Waals surface area contributed by atoms with Crippen molar-refractivity contribution in [2.24, 2.45) is 0 Å². The fraction of sp³-hybridized carbons (Fsp3) is 0.462. The monoisotopic (exact) mass is 244 g/mol. The summed E-state index contributed by atoms with van der Waals surface area (Å²) < 4.78 is 5.21. The molecule has 0 spiro atoms. The lowest BCUT2D eigenvalue weighted by Gasteiger charge is -2.14. The molecule has 0 saturated heterocycles. The van der Waals surface area contributed by atoms with Gasteiger partial charge in [-0.25, -0.2) is 4.98 Å². The lowest BCUT2D eigenvalue weighted by atomic mass is 10.2. The first-order valence-corrected chi connectivity index (χ1v) is 6.35. The Morgan fingerprint density at radius 1 is 1.33 bits per heavy atom. The molecule has 5 heteroatoms. The minimum atomic E-state index is 0.516. The number of nitrogens with zero attached hydrogens (tertiary/aromatic N) is 3. The van der Waals surface area contributed by atoms with E-state index in [-0.39, 0.29) is 0 Å². The zero-order valence-electron chi connectivity index (χ0n) is 10.4. The van der Waals surface area contributed by atoms with Gasteiger partial charge < -0.3 is 9.84 Å². The van der Waals surface area contributed by atoms with Gasteiger partial charge in [-0.3, -0.25) is 0 Å². The minimum absolute atomic E-state index is 0.516. The van der Waals surface area contributed by atoms with Crippen molar-refractivity contribution in [1.29, 1.82) is 0 Å². The van der Waals surface area contributed by atoms with Gasteiger partial charge in [-0.1, -0.05) is 18.0 Å². The van der Waals surface area contributed by atoms with E-state index in [2.05, 4.69) is 20.4 Å². The molecule has 0 amide bonds. The summed E-state index contributed by atoms with van der Waals surface area (Å²) in [5.41, 5.74) is 0.880. The summed E-state index contributed by atoms with van der Waals surface area (Å²) in [5.74, 6) is 2.01. The maximum absolute atomic E-state index is 5.21. The van der Waals surface area contributed by atoms with E-state index in [4.69, 9.17) is 4.52 Å². The molecule has 0 bridgehead atoms. The summed E-state index contributed by atoms with van der Waals surface area (Å²) in [6.45, 7) is 1.81. The van der Waals surface area contributed by atoms with Crippen LogP contribution in [0.4, 0.5) is 5.82 Å². The molecule has 0 aromatic carbocycles. The van der Waals surface area contributed by atoms with Crippen molar-refractivity contribution in [2.75, 3.05) is 5.32 Å². The molecule has 1 saturated carbocycles. The van der Waals surface area contributed by atoms with Crippen LogP contribution in [0.25, 0.3) is 11.5 Å². The van der Waals surface area contributed by atoms with Crippen molar-refractivity contribution < 1.29 is 4.52 Å². The molecular weight excluding hydrogens is 228 g/mol. The van der Waals surface area contributed by atoms with Crippen LogP contribution in [0.2, 0.25) is 0 Å². The quantitative estimate of drug-likeness (QED) is 0.899. The van der Waals surface area contributed by atoms with Crippen LogP contribution in [0.15, 0.2) is 22.9 Å². The van der Waals surface area contributed by atoms with E-state index in [1.165, 1.54) is 25.7 Å². The zero-order valence-corrected chi connectivity index (χ0v) is 10.4. The normalized spacial score (nSPS) is 16.1. The molecule has 94 valence electrons. The van der Waals surface area contributed by atoms with Crippen LogP contribution in [-0.2, 0) is 0 Å². The Balaban J connectivity index is 1.89. The van der Waals surface area contributed by atoms with E-state index in [1.807, 2.05) is 19.1 Å². The van der Waals surface area contributed by atoms with E-state index < -0.39 is 0 Å². The van der Waals surface area contributed by atoms with Gasteiger partial charge in [-0.2, -0.15) is 4.98 Å². The first-order chi connectivity index (χ1) is 8.83. The highest BCUT2D eigenvalue weighted by atomic mass is 16.5. The van der Waals surface area contributed by atoms with Crippen molar-refractivity contribution >= 4 is 5.82 Å². The van der Waals surface area contributed by atoms with Crippen molar-refractivity contribution in [3.05, 3.63) is 24.2 Å². The van der Waals surface area contributed by atoms with Crippen molar-refractivity contribution in [1.82, 2.24) is 15.1 Å². The molecular formula is C13H16N4O. The summed E-state index contributed by atoms with van der Waals surface area (Å²) in [5, 5.41) is 7.30. The first-order valence-electron chi connectivity index (χ1n) is 6.35. The molecule has 2 aromatic rings. The summed E-state index contributed by atoms with van der Waals surface area (Å²) in [7, 11) is 0. The van der Waals surface area contributed by atoms with Crippen LogP contribution in [0.5, 0.6) is 0 Å². The SMILES string of the molecule is Cc1noc(-c2cccnc2NC2CCCC2)n1. The largest absolute Gasteiger partial charge is 0.367 e. The molecule has 0 aliphatic heterocycles. The number of nitrogens with one attached hydrogen (secondary N) is 1. The molecule has 1 fully saturated rings. The third kappa shape index (κ3) is 2.20. The van der Waals surface area contributed by atoms with E-state index >= 15 is 0 Å². The Kier molecular flexibility index (Phi) is 2.96. The van der Waals surface area contributed by atoms with Gasteiger partial charge in [-0.15, -0.1) is 0 Å². The van der Waals surface area contributed by atoms with Crippen LogP contribution in [0.3, 0.4) is 0 Å². The van der Waals surface area contributed by atoms with Gasteiger partial charge >= 0.3 is 0 Å². The molecule has 2 heterocycles. The fourth-order valence-corrected chi connectivity index (χ4v) is 2.36. The molecule has 0 atom stereocenters. The van der Waals surface area contributed by atoms with Crippen molar-refractivity contribution in [3.63, 3.8) is 0 Å². The predicted molar refractivity (Wildman–Crippen MR) is 68.1 cm³/mol. The number of pyridine rings is 1. The highest BCUT2D eigenvalue weighted by Gasteiger charge is 2.18. The number of aryl methyl sites for hydroxylation is 1. The number of hydrogen-bond donors (Lipinski definition) is 1. The molecule has 1 aliphatic rings. The number of rotatable bonds is 3. The number of anilines is 1. The van der Waals surface area contributed by atoms with Crippen LogP contribution in [0, 0.1) is 6.92 Å². The fourth-order valence-electron chi connectivity index (χ4n) is 2.36. The van der Waals surface area contributed by atoms with Gasteiger partial charge in [0.2, 0.25) is 0 Å². The second kappa shape index (κ2) is 4.76. The molecule has 3 rings (SSSR count). The maximum atomic E-state index is 5.21. The summed E-state index contributed by atoms with van der Waals surface area (Å²) in [6, 6.07) is 4.36. The van der Waals surface area contributed by atoms with Gasteiger partial charge in [0.15, 0.2) is 5.82 Å². The first kappa shape index (κ1) is 11.2. The molecule has 18 heavy (non-hydrogen) atoms. The summed E-state index contributed by atoms with van der Waals surface area (Å²) in [6.07, 6.45) is 6.78. The Labute approximate surface area is 106 Å². The second-order valence-electron chi connectivity index (χ2n) is 4.67. The molecule has 1 N–H and O–H groups in total.